The van der Waals surface area contributed by atoms with Crippen molar-refractivity contribution in [3.8, 4) is 0 Å². The summed E-state index contributed by atoms with van der Waals surface area (Å²) in [5.74, 6) is 0.0554. The molecule has 6 nitrogen and oxygen atoms in total. The van der Waals surface area contributed by atoms with Crippen molar-refractivity contribution in [2.75, 3.05) is 18.5 Å². The number of hydrogen-bond acceptors (Lipinski definition) is 6. The number of rotatable bonds is 7. The fourth-order valence-corrected chi connectivity index (χ4v) is 1.66. The number of nitrogens with one attached hydrogen (secondary N) is 1. The highest BCUT2D eigenvalue weighted by Crippen LogP contribution is 2.11. The zero-order valence-electron chi connectivity index (χ0n) is 11.6. The van der Waals surface area contributed by atoms with Crippen LogP contribution in [-0.4, -0.2) is 40.3 Å². The zero-order chi connectivity index (χ0) is 14.3. The molecule has 0 saturated carbocycles. The molecule has 1 rings (SSSR count). The highest BCUT2D eigenvalue weighted by molar-refractivity contribution is 5.90. The number of aliphatic hydroxyl groups excluding tert-OH is 1. The van der Waals surface area contributed by atoms with Gasteiger partial charge >= 0.3 is 5.97 Å². The molecular weight excluding hydrogens is 246 g/mol. The zero-order valence-corrected chi connectivity index (χ0v) is 11.6. The number of aryl methyl sites for hydroxylation is 1. The molecule has 1 unspecified atom stereocenters. The molecule has 1 atom stereocenters. The molecule has 6 heteroatoms. The Morgan fingerprint density at radius 1 is 1.53 bits per heavy atom. The Bertz CT molecular complexity index is 424. The molecule has 1 aromatic rings. The van der Waals surface area contributed by atoms with E-state index in [1.54, 1.807) is 13.8 Å². The Hall–Kier alpha value is -1.69. The van der Waals surface area contributed by atoms with Crippen molar-refractivity contribution in [1.29, 1.82) is 0 Å². The molecule has 0 aliphatic rings. The molecule has 0 bridgehead atoms. The molecule has 0 saturated heterocycles. The molecule has 0 amide bonds. The molecule has 0 fully saturated rings. The summed E-state index contributed by atoms with van der Waals surface area (Å²) in [7, 11) is 0. The first-order valence-electron chi connectivity index (χ1n) is 6.50. The average Bonchev–Trinajstić information content (AvgIpc) is 2.38. The van der Waals surface area contributed by atoms with E-state index in [4.69, 9.17) is 9.84 Å². The minimum atomic E-state index is -0.408. The van der Waals surface area contributed by atoms with Crippen LogP contribution in [0, 0.1) is 6.92 Å². The molecule has 0 spiro atoms. The first-order valence-corrected chi connectivity index (χ1v) is 6.50. The number of hydrogen-bond donors (Lipinski definition) is 2. The van der Waals surface area contributed by atoms with Crippen LogP contribution < -0.4 is 5.32 Å². The van der Waals surface area contributed by atoms with Crippen LogP contribution in [0.2, 0.25) is 0 Å². The summed E-state index contributed by atoms with van der Waals surface area (Å²) >= 11 is 0. The van der Waals surface area contributed by atoms with Crippen molar-refractivity contribution in [3.05, 3.63) is 17.5 Å². The lowest BCUT2D eigenvalue weighted by atomic mass is 10.1. The van der Waals surface area contributed by atoms with Crippen LogP contribution in [0.25, 0.3) is 0 Å². The van der Waals surface area contributed by atoms with Gasteiger partial charge < -0.3 is 15.2 Å². The third-order valence-corrected chi connectivity index (χ3v) is 2.78. The van der Waals surface area contributed by atoms with Crippen molar-refractivity contribution in [2.24, 2.45) is 0 Å². The van der Waals surface area contributed by atoms with Gasteiger partial charge in [-0.1, -0.05) is 6.92 Å². The predicted molar refractivity (Wildman–Crippen MR) is 72.1 cm³/mol. The molecule has 0 aromatic carbocycles. The number of nitrogens with zero attached hydrogens (tertiary/aromatic N) is 2. The summed E-state index contributed by atoms with van der Waals surface area (Å²) in [6, 6.07) is 0.123. The number of esters is 1. The number of aliphatic hydroxyl groups is 1. The van der Waals surface area contributed by atoms with Gasteiger partial charge in [0.1, 0.15) is 0 Å². The molecule has 0 aliphatic carbocycles. The summed E-state index contributed by atoms with van der Waals surface area (Å²) in [5.41, 5.74) is 0.956. The lowest BCUT2D eigenvalue weighted by Crippen LogP contribution is -2.22. The van der Waals surface area contributed by atoms with Crippen LogP contribution in [0.1, 0.15) is 42.7 Å². The van der Waals surface area contributed by atoms with E-state index < -0.39 is 5.97 Å². The number of anilines is 1. The van der Waals surface area contributed by atoms with Crippen LogP contribution in [0.4, 0.5) is 5.95 Å². The molecular formula is C13H21N3O3. The Balaban J connectivity index is 2.78. The van der Waals surface area contributed by atoms with Gasteiger partial charge in [0.15, 0.2) is 0 Å². The topological polar surface area (TPSA) is 84.3 Å². The third-order valence-electron chi connectivity index (χ3n) is 2.78. The first kappa shape index (κ1) is 15.4. The number of carbonyl (C=O) groups is 1. The molecule has 1 heterocycles. The van der Waals surface area contributed by atoms with Crippen molar-refractivity contribution in [2.45, 2.75) is 39.7 Å². The average molecular weight is 267 g/mol. The maximum absolute atomic E-state index is 11.6. The van der Waals surface area contributed by atoms with Crippen LogP contribution in [-0.2, 0) is 4.74 Å². The number of ether oxygens (including phenoxy) is 1. The fourth-order valence-electron chi connectivity index (χ4n) is 1.66. The molecule has 0 radical (unpaired) electrons. The molecule has 1 aromatic heterocycles. The summed E-state index contributed by atoms with van der Waals surface area (Å²) in [5, 5.41) is 12.1. The predicted octanol–water partition coefficient (Wildman–Crippen LogP) is 1.53. The minimum Gasteiger partial charge on any atom is -0.462 e. The second-order valence-corrected chi connectivity index (χ2v) is 4.17. The largest absolute Gasteiger partial charge is 0.462 e. The smallest absolute Gasteiger partial charge is 0.341 e. The van der Waals surface area contributed by atoms with E-state index in [9.17, 15) is 4.79 Å². The maximum atomic E-state index is 11.6. The van der Waals surface area contributed by atoms with Gasteiger partial charge in [0.25, 0.3) is 0 Å². The van der Waals surface area contributed by atoms with Crippen LogP contribution in [0.15, 0.2) is 6.20 Å². The fraction of sp³-hybridized carbons (Fsp3) is 0.615. The Morgan fingerprint density at radius 2 is 2.26 bits per heavy atom. The van der Waals surface area contributed by atoms with Gasteiger partial charge in [-0.15, -0.1) is 0 Å². The van der Waals surface area contributed by atoms with Gasteiger partial charge in [-0.2, -0.15) is 0 Å². The Morgan fingerprint density at radius 3 is 2.79 bits per heavy atom. The SMILES string of the molecule is CCOC(=O)c1cnc(NC(CC)CCO)nc1C. The monoisotopic (exact) mass is 267 g/mol. The minimum absolute atomic E-state index is 0.116. The number of aromatic nitrogens is 2. The summed E-state index contributed by atoms with van der Waals surface area (Å²) in [4.78, 5) is 20.0. The lowest BCUT2D eigenvalue weighted by Gasteiger charge is -2.16. The van der Waals surface area contributed by atoms with Crippen molar-refractivity contribution < 1.29 is 14.6 Å². The Kier molecular flexibility index (Phi) is 6.21. The van der Waals surface area contributed by atoms with Gasteiger partial charge in [-0.25, -0.2) is 14.8 Å². The van der Waals surface area contributed by atoms with Gasteiger partial charge in [0.05, 0.1) is 17.9 Å². The van der Waals surface area contributed by atoms with Gasteiger partial charge in [-0.05, 0) is 26.7 Å². The quantitative estimate of drug-likeness (QED) is 0.729. The van der Waals surface area contributed by atoms with E-state index in [2.05, 4.69) is 15.3 Å². The number of carbonyl (C=O) groups excluding carboxylic acids is 1. The van der Waals surface area contributed by atoms with E-state index in [0.29, 0.717) is 30.2 Å². The van der Waals surface area contributed by atoms with Crippen molar-refractivity contribution in [1.82, 2.24) is 9.97 Å². The molecule has 19 heavy (non-hydrogen) atoms. The lowest BCUT2D eigenvalue weighted by molar-refractivity contribution is 0.0524. The molecule has 0 aliphatic heterocycles. The van der Waals surface area contributed by atoms with Crippen LogP contribution >= 0.6 is 0 Å². The van der Waals surface area contributed by atoms with Gasteiger partial charge in [0.2, 0.25) is 5.95 Å². The molecule has 2 N–H and O–H groups in total. The van der Waals surface area contributed by atoms with Crippen LogP contribution in [0.5, 0.6) is 0 Å². The normalized spacial score (nSPS) is 12.0. The summed E-state index contributed by atoms with van der Waals surface area (Å²) < 4.78 is 4.92. The van der Waals surface area contributed by atoms with Crippen molar-refractivity contribution in [3.63, 3.8) is 0 Å². The third kappa shape index (κ3) is 4.48. The first-order chi connectivity index (χ1) is 9.12. The van der Waals surface area contributed by atoms with Gasteiger partial charge in [-0.3, -0.25) is 0 Å². The van der Waals surface area contributed by atoms with Crippen molar-refractivity contribution >= 4 is 11.9 Å². The standard InChI is InChI=1S/C13H21N3O3/c1-4-10(6-7-17)16-13-14-8-11(9(3)15-13)12(18)19-5-2/h8,10,17H,4-7H2,1-3H3,(H,14,15,16). The van der Waals surface area contributed by atoms with Crippen LogP contribution in [0.3, 0.4) is 0 Å². The van der Waals surface area contributed by atoms with E-state index in [1.165, 1.54) is 6.20 Å². The summed E-state index contributed by atoms with van der Waals surface area (Å²) in [6.07, 6.45) is 2.97. The highest BCUT2D eigenvalue weighted by Gasteiger charge is 2.14. The van der Waals surface area contributed by atoms with E-state index >= 15 is 0 Å². The van der Waals surface area contributed by atoms with Gasteiger partial charge in [0, 0.05) is 18.8 Å². The second-order valence-electron chi connectivity index (χ2n) is 4.17. The summed E-state index contributed by atoms with van der Waals surface area (Å²) in [6.45, 7) is 5.96. The molecule has 106 valence electrons. The van der Waals surface area contributed by atoms with E-state index in [-0.39, 0.29) is 12.6 Å². The second kappa shape index (κ2) is 7.68. The van der Waals surface area contributed by atoms with E-state index in [0.717, 1.165) is 6.42 Å². The maximum Gasteiger partial charge on any atom is 0.341 e. The highest BCUT2D eigenvalue weighted by atomic mass is 16.5. The van der Waals surface area contributed by atoms with E-state index in [1.807, 2.05) is 6.92 Å². The Labute approximate surface area is 113 Å².